The molecule has 0 amide bonds. The lowest BCUT2D eigenvalue weighted by molar-refractivity contribution is 0.720. The highest BCUT2D eigenvalue weighted by Crippen LogP contribution is 2.21. The Hall–Kier alpha value is -1.59. The Labute approximate surface area is 116 Å². The van der Waals surface area contributed by atoms with Crippen LogP contribution in [-0.2, 0) is 13.6 Å². The summed E-state index contributed by atoms with van der Waals surface area (Å²) in [6.07, 6.45) is 1.76. The summed E-state index contributed by atoms with van der Waals surface area (Å²) in [4.78, 5) is 0.324. The van der Waals surface area contributed by atoms with Crippen molar-refractivity contribution in [3.05, 3.63) is 46.7 Å². The predicted molar refractivity (Wildman–Crippen MR) is 77.9 cm³/mol. The topological polar surface area (TPSA) is 55.9 Å². The summed E-state index contributed by atoms with van der Waals surface area (Å²) in [5.41, 5.74) is 8.36. The third-order valence-electron chi connectivity index (χ3n) is 2.63. The van der Waals surface area contributed by atoms with Crippen molar-refractivity contribution in [1.82, 2.24) is 9.78 Å². The number of nitrogens with two attached hydrogens (primary N) is 1. The molecule has 2 rings (SSSR count). The number of hydrogen-bond donors (Lipinski definition) is 2. The van der Waals surface area contributed by atoms with E-state index in [-0.39, 0.29) is 0 Å². The molecule has 0 bridgehead atoms. The van der Waals surface area contributed by atoms with Gasteiger partial charge in [0.1, 0.15) is 4.99 Å². The Morgan fingerprint density at radius 3 is 2.89 bits per heavy atom. The van der Waals surface area contributed by atoms with Crippen molar-refractivity contribution in [3.8, 4) is 0 Å². The SMILES string of the molecule is Cn1nccc1CNc1ccc(Cl)cc1C(N)=S. The summed E-state index contributed by atoms with van der Waals surface area (Å²) in [6, 6.07) is 7.38. The Bertz CT molecular complexity index is 579. The molecular weight excluding hydrogens is 268 g/mol. The van der Waals surface area contributed by atoms with Crippen LogP contribution in [0.4, 0.5) is 5.69 Å². The van der Waals surface area contributed by atoms with Crippen LogP contribution >= 0.6 is 23.8 Å². The van der Waals surface area contributed by atoms with Crippen molar-refractivity contribution >= 4 is 34.5 Å². The van der Waals surface area contributed by atoms with E-state index >= 15 is 0 Å². The standard InChI is InChI=1S/C12H13ClN4S/c1-17-9(4-5-16-17)7-15-11-3-2-8(13)6-10(11)12(14)18/h2-6,15H,7H2,1H3,(H2,14,18). The van der Waals surface area contributed by atoms with Crippen LogP contribution in [0.25, 0.3) is 0 Å². The number of halogens is 1. The Morgan fingerprint density at radius 1 is 1.50 bits per heavy atom. The largest absolute Gasteiger partial charge is 0.389 e. The zero-order valence-electron chi connectivity index (χ0n) is 9.85. The summed E-state index contributed by atoms with van der Waals surface area (Å²) in [6.45, 7) is 0.647. The minimum atomic E-state index is 0.324. The lowest BCUT2D eigenvalue weighted by atomic mass is 10.1. The average Bonchev–Trinajstić information content (AvgIpc) is 2.73. The third-order valence-corrected chi connectivity index (χ3v) is 3.08. The molecular formula is C12H13ClN4S. The Morgan fingerprint density at radius 2 is 2.28 bits per heavy atom. The van der Waals surface area contributed by atoms with E-state index in [1.807, 2.05) is 23.9 Å². The van der Waals surface area contributed by atoms with E-state index in [0.29, 0.717) is 16.6 Å². The van der Waals surface area contributed by atoms with Gasteiger partial charge in [-0.05, 0) is 24.3 Å². The van der Waals surface area contributed by atoms with Crippen molar-refractivity contribution in [2.75, 3.05) is 5.32 Å². The normalized spacial score (nSPS) is 10.3. The molecule has 1 aromatic carbocycles. The first-order valence-electron chi connectivity index (χ1n) is 5.38. The van der Waals surface area contributed by atoms with E-state index < -0.39 is 0 Å². The van der Waals surface area contributed by atoms with Crippen molar-refractivity contribution < 1.29 is 0 Å². The zero-order chi connectivity index (χ0) is 13.1. The zero-order valence-corrected chi connectivity index (χ0v) is 11.4. The van der Waals surface area contributed by atoms with Gasteiger partial charge in [0.2, 0.25) is 0 Å². The van der Waals surface area contributed by atoms with Crippen LogP contribution in [0.5, 0.6) is 0 Å². The van der Waals surface area contributed by atoms with Crippen LogP contribution in [0.3, 0.4) is 0 Å². The molecule has 2 aromatic rings. The van der Waals surface area contributed by atoms with Crippen LogP contribution in [0.15, 0.2) is 30.5 Å². The van der Waals surface area contributed by atoms with E-state index in [0.717, 1.165) is 16.9 Å². The van der Waals surface area contributed by atoms with Gasteiger partial charge in [-0.15, -0.1) is 0 Å². The predicted octanol–water partition coefficient (Wildman–Crippen LogP) is 2.32. The molecule has 0 saturated heterocycles. The van der Waals surface area contributed by atoms with Gasteiger partial charge >= 0.3 is 0 Å². The first-order chi connectivity index (χ1) is 8.58. The number of rotatable bonds is 4. The van der Waals surface area contributed by atoms with Gasteiger partial charge in [0.25, 0.3) is 0 Å². The summed E-state index contributed by atoms with van der Waals surface area (Å²) >= 11 is 10.9. The molecule has 0 aliphatic carbocycles. The van der Waals surface area contributed by atoms with E-state index in [1.54, 1.807) is 18.3 Å². The van der Waals surface area contributed by atoms with Crippen molar-refractivity contribution in [2.24, 2.45) is 12.8 Å². The van der Waals surface area contributed by atoms with Gasteiger partial charge in [0.05, 0.1) is 12.2 Å². The number of aromatic nitrogens is 2. The van der Waals surface area contributed by atoms with Crippen LogP contribution in [0.1, 0.15) is 11.3 Å². The Kier molecular flexibility index (Phi) is 3.84. The molecule has 0 aliphatic rings. The van der Waals surface area contributed by atoms with Crippen molar-refractivity contribution in [1.29, 1.82) is 0 Å². The molecule has 3 N–H and O–H groups in total. The van der Waals surface area contributed by atoms with Crippen molar-refractivity contribution in [3.63, 3.8) is 0 Å². The van der Waals surface area contributed by atoms with E-state index in [4.69, 9.17) is 29.6 Å². The average molecular weight is 281 g/mol. The molecule has 0 radical (unpaired) electrons. The molecule has 0 unspecified atom stereocenters. The van der Waals surface area contributed by atoms with Crippen LogP contribution in [0, 0.1) is 0 Å². The maximum absolute atomic E-state index is 5.93. The summed E-state index contributed by atoms with van der Waals surface area (Å²) in [7, 11) is 1.90. The molecule has 1 aromatic heterocycles. The van der Waals surface area contributed by atoms with Gasteiger partial charge in [0.15, 0.2) is 0 Å². The van der Waals surface area contributed by atoms with Gasteiger partial charge < -0.3 is 11.1 Å². The van der Waals surface area contributed by atoms with Crippen LogP contribution in [0.2, 0.25) is 5.02 Å². The van der Waals surface area contributed by atoms with Crippen LogP contribution in [-0.4, -0.2) is 14.8 Å². The number of nitrogens with zero attached hydrogens (tertiary/aromatic N) is 2. The highest BCUT2D eigenvalue weighted by molar-refractivity contribution is 7.80. The van der Waals surface area contributed by atoms with E-state index in [2.05, 4.69) is 10.4 Å². The van der Waals surface area contributed by atoms with Gasteiger partial charge in [-0.25, -0.2) is 0 Å². The van der Waals surface area contributed by atoms with Gasteiger partial charge in [0, 0.05) is 29.5 Å². The second-order valence-electron chi connectivity index (χ2n) is 3.85. The quantitative estimate of drug-likeness (QED) is 0.844. The third kappa shape index (κ3) is 2.80. The summed E-state index contributed by atoms with van der Waals surface area (Å²) in [5, 5.41) is 8.00. The molecule has 1 heterocycles. The van der Waals surface area contributed by atoms with Gasteiger partial charge in [-0.1, -0.05) is 23.8 Å². The molecule has 0 atom stereocenters. The fourth-order valence-electron chi connectivity index (χ4n) is 1.64. The number of benzene rings is 1. The number of thiocarbonyl (C=S) groups is 1. The van der Waals surface area contributed by atoms with Crippen LogP contribution < -0.4 is 11.1 Å². The first kappa shape index (κ1) is 12.9. The molecule has 94 valence electrons. The smallest absolute Gasteiger partial charge is 0.106 e. The van der Waals surface area contributed by atoms with Gasteiger partial charge in [-0.2, -0.15) is 5.10 Å². The monoisotopic (exact) mass is 280 g/mol. The minimum Gasteiger partial charge on any atom is -0.389 e. The fraction of sp³-hybridized carbons (Fsp3) is 0.167. The first-order valence-corrected chi connectivity index (χ1v) is 6.16. The highest BCUT2D eigenvalue weighted by Gasteiger charge is 2.06. The molecule has 0 spiro atoms. The second-order valence-corrected chi connectivity index (χ2v) is 4.73. The molecule has 0 aliphatic heterocycles. The maximum atomic E-state index is 5.93. The molecule has 6 heteroatoms. The highest BCUT2D eigenvalue weighted by atomic mass is 35.5. The maximum Gasteiger partial charge on any atom is 0.106 e. The number of nitrogens with one attached hydrogen (secondary N) is 1. The molecule has 4 nitrogen and oxygen atoms in total. The van der Waals surface area contributed by atoms with E-state index in [1.165, 1.54) is 0 Å². The molecule has 0 fully saturated rings. The number of aryl methyl sites for hydroxylation is 1. The molecule has 0 saturated carbocycles. The number of hydrogen-bond acceptors (Lipinski definition) is 3. The molecule has 18 heavy (non-hydrogen) atoms. The summed E-state index contributed by atoms with van der Waals surface area (Å²) < 4.78 is 1.81. The summed E-state index contributed by atoms with van der Waals surface area (Å²) in [5.74, 6) is 0. The lowest BCUT2D eigenvalue weighted by Gasteiger charge is -2.11. The minimum absolute atomic E-state index is 0.324. The van der Waals surface area contributed by atoms with Gasteiger partial charge in [-0.3, -0.25) is 4.68 Å². The Balaban J connectivity index is 2.19. The second kappa shape index (κ2) is 5.37. The van der Waals surface area contributed by atoms with E-state index in [9.17, 15) is 0 Å². The number of anilines is 1. The lowest BCUT2D eigenvalue weighted by Crippen LogP contribution is -2.14. The van der Waals surface area contributed by atoms with Crippen molar-refractivity contribution in [2.45, 2.75) is 6.54 Å². The fourth-order valence-corrected chi connectivity index (χ4v) is 1.98.